The van der Waals surface area contributed by atoms with Crippen molar-refractivity contribution in [1.29, 1.82) is 0 Å². The molecule has 0 N–H and O–H groups in total. The molecule has 0 heterocycles. The van der Waals surface area contributed by atoms with E-state index in [1.54, 1.807) is 0 Å². The lowest BCUT2D eigenvalue weighted by Gasteiger charge is -2.35. The molecule has 0 saturated carbocycles. The van der Waals surface area contributed by atoms with Crippen molar-refractivity contribution in [3.63, 3.8) is 0 Å². The molecule has 0 spiro atoms. The highest BCUT2D eigenvalue weighted by molar-refractivity contribution is 5.82. The number of hydrogen-bond donors (Lipinski definition) is 0. The van der Waals surface area contributed by atoms with E-state index in [4.69, 9.17) is 12.8 Å². The van der Waals surface area contributed by atoms with Crippen LogP contribution in [0.4, 0.5) is 0 Å². The molecule has 2 unspecified atom stereocenters. The van der Waals surface area contributed by atoms with E-state index in [0.717, 1.165) is 47.6 Å². The first-order valence-electron chi connectivity index (χ1n) is 14.9. The third-order valence-electron chi connectivity index (χ3n) is 8.78. The van der Waals surface area contributed by atoms with Crippen LogP contribution in [0.5, 0.6) is 0 Å². The second-order valence-electron chi connectivity index (χ2n) is 12.8. The molecule has 0 saturated heterocycles. The fraction of sp³-hybridized carbons (Fsp3) is 0.568. The fourth-order valence-electron chi connectivity index (χ4n) is 6.36. The number of terminal acetylenes is 2. The van der Waals surface area contributed by atoms with Crippen LogP contribution in [0.3, 0.4) is 0 Å². The summed E-state index contributed by atoms with van der Waals surface area (Å²) in [5.41, 5.74) is 7.57. The van der Waals surface area contributed by atoms with Gasteiger partial charge in [0.05, 0.1) is 0 Å². The van der Waals surface area contributed by atoms with Crippen LogP contribution in [0.15, 0.2) is 36.4 Å². The van der Waals surface area contributed by atoms with Gasteiger partial charge in [0.25, 0.3) is 0 Å². The van der Waals surface area contributed by atoms with Crippen LogP contribution < -0.4 is 0 Å². The first-order valence-corrected chi connectivity index (χ1v) is 14.9. The molecule has 3 rings (SSSR count). The zero-order valence-electron chi connectivity index (χ0n) is 24.5. The molecule has 1 aliphatic rings. The molecule has 0 bridgehead atoms. The molecule has 0 heteroatoms. The van der Waals surface area contributed by atoms with Crippen LogP contribution >= 0.6 is 0 Å². The summed E-state index contributed by atoms with van der Waals surface area (Å²) in [4.78, 5) is 0. The lowest BCUT2D eigenvalue weighted by molar-refractivity contribution is 0.327. The Morgan fingerprint density at radius 3 is 1.35 bits per heavy atom. The van der Waals surface area contributed by atoms with Gasteiger partial charge in [-0.3, -0.25) is 0 Å². The van der Waals surface area contributed by atoms with Crippen LogP contribution in [0, 0.1) is 48.4 Å². The molecule has 0 nitrogen and oxygen atoms in total. The molecular formula is C37H50. The molecule has 2 aromatic carbocycles. The van der Waals surface area contributed by atoms with Crippen molar-refractivity contribution in [2.24, 2.45) is 23.7 Å². The Morgan fingerprint density at radius 2 is 1.00 bits per heavy atom. The second-order valence-corrected chi connectivity index (χ2v) is 12.8. The lowest BCUT2D eigenvalue weighted by atomic mass is 9.68. The van der Waals surface area contributed by atoms with Crippen LogP contribution in [0.25, 0.3) is 11.1 Å². The Balaban J connectivity index is 1.96. The van der Waals surface area contributed by atoms with Crippen molar-refractivity contribution in [2.75, 3.05) is 0 Å². The van der Waals surface area contributed by atoms with Gasteiger partial charge in [0, 0.05) is 16.5 Å². The molecule has 0 amide bonds. The normalized spacial score (nSPS) is 15.2. The van der Waals surface area contributed by atoms with Crippen molar-refractivity contribution in [1.82, 2.24) is 0 Å². The monoisotopic (exact) mass is 494 g/mol. The highest BCUT2D eigenvalue weighted by Crippen LogP contribution is 2.55. The number of hydrogen-bond acceptors (Lipinski definition) is 0. The largest absolute Gasteiger partial charge is 0.115 e. The number of rotatable bonds is 14. The third-order valence-corrected chi connectivity index (χ3v) is 8.78. The summed E-state index contributed by atoms with van der Waals surface area (Å²) in [5, 5.41) is 0. The highest BCUT2D eigenvalue weighted by atomic mass is 14.5. The van der Waals surface area contributed by atoms with E-state index in [0.29, 0.717) is 0 Å². The van der Waals surface area contributed by atoms with E-state index < -0.39 is 0 Å². The maximum atomic E-state index is 5.91. The van der Waals surface area contributed by atoms with Gasteiger partial charge in [-0.2, -0.15) is 0 Å². The SMILES string of the molecule is C#Cc1ccc2c(c1)C(CCC(C)CCCC(C)C)(CCC(C)CCCC(C)C)c1cc(C#C)ccc1-2. The average Bonchev–Trinajstić information content (AvgIpc) is 3.14. The van der Waals surface area contributed by atoms with E-state index in [9.17, 15) is 0 Å². The Hall–Kier alpha value is -2.44. The molecule has 0 aliphatic heterocycles. The van der Waals surface area contributed by atoms with Crippen LogP contribution in [-0.4, -0.2) is 0 Å². The molecule has 0 radical (unpaired) electrons. The third kappa shape index (κ3) is 7.32. The van der Waals surface area contributed by atoms with Gasteiger partial charge in [0.2, 0.25) is 0 Å². The van der Waals surface area contributed by atoms with Gasteiger partial charge in [0.15, 0.2) is 0 Å². The van der Waals surface area contributed by atoms with E-state index >= 15 is 0 Å². The zero-order valence-corrected chi connectivity index (χ0v) is 24.5. The predicted octanol–water partition coefficient (Wildman–Crippen LogP) is 10.4. The van der Waals surface area contributed by atoms with Crippen LogP contribution in [-0.2, 0) is 5.41 Å². The van der Waals surface area contributed by atoms with E-state index in [1.165, 1.54) is 73.6 Å². The van der Waals surface area contributed by atoms with E-state index in [2.05, 4.69) is 89.8 Å². The predicted molar refractivity (Wildman–Crippen MR) is 163 cm³/mol. The molecule has 0 fully saturated rings. The minimum Gasteiger partial charge on any atom is -0.115 e. The summed E-state index contributed by atoms with van der Waals surface area (Å²) in [6, 6.07) is 13.4. The van der Waals surface area contributed by atoms with Gasteiger partial charge in [-0.05, 0) is 95.9 Å². The summed E-state index contributed by atoms with van der Waals surface area (Å²) in [7, 11) is 0. The van der Waals surface area contributed by atoms with Gasteiger partial charge >= 0.3 is 0 Å². The maximum absolute atomic E-state index is 5.91. The molecule has 0 aromatic heterocycles. The first kappa shape index (κ1) is 29.1. The Labute approximate surface area is 229 Å². The summed E-state index contributed by atoms with van der Waals surface area (Å²) in [6.45, 7) is 14.2. The van der Waals surface area contributed by atoms with Crippen molar-refractivity contribution < 1.29 is 0 Å². The molecular weight excluding hydrogens is 444 g/mol. The molecule has 1 aliphatic carbocycles. The Morgan fingerprint density at radius 1 is 0.595 bits per heavy atom. The Bertz CT molecular complexity index is 1010. The van der Waals surface area contributed by atoms with Crippen molar-refractivity contribution >= 4 is 0 Å². The average molecular weight is 495 g/mol. The second kappa shape index (κ2) is 13.4. The molecule has 2 aromatic rings. The quantitative estimate of drug-likeness (QED) is 0.229. The number of fused-ring (bicyclic) bond motifs is 3. The fourth-order valence-corrected chi connectivity index (χ4v) is 6.36. The minimum absolute atomic E-state index is 0.0109. The van der Waals surface area contributed by atoms with E-state index in [1.807, 2.05) is 0 Å². The molecule has 37 heavy (non-hydrogen) atoms. The summed E-state index contributed by atoms with van der Waals surface area (Å²) >= 11 is 0. The standard InChI is InChI=1S/C37H50/c1-9-31-17-19-33-34-20-18-32(10-2)26-36(34)37(35(33)25-31,23-21-29(7)15-11-13-27(3)4)24-22-30(8)16-12-14-28(5)6/h1-2,17-20,25-30H,11-16,21-24H2,3-8H3. The summed E-state index contributed by atoms with van der Waals surface area (Å²) in [6.07, 6.45) is 24.6. The summed E-state index contributed by atoms with van der Waals surface area (Å²) < 4.78 is 0. The van der Waals surface area contributed by atoms with Crippen molar-refractivity contribution in [3.8, 4) is 35.8 Å². The van der Waals surface area contributed by atoms with Crippen LogP contribution in [0.2, 0.25) is 0 Å². The highest BCUT2D eigenvalue weighted by Gasteiger charge is 2.43. The van der Waals surface area contributed by atoms with Gasteiger partial charge in [0.1, 0.15) is 0 Å². The zero-order chi connectivity index (χ0) is 27.0. The van der Waals surface area contributed by atoms with Crippen LogP contribution in [0.1, 0.15) is 128 Å². The summed E-state index contributed by atoms with van der Waals surface area (Å²) in [5.74, 6) is 8.85. The van der Waals surface area contributed by atoms with Gasteiger partial charge in [-0.15, -0.1) is 12.8 Å². The minimum atomic E-state index is -0.0109. The molecule has 198 valence electrons. The first-order chi connectivity index (χ1) is 17.7. The maximum Gasteiger partial charge on any atom is 0.0246 e. The van der Waals surface area contributed by atoms with Gasteiger partial charge in [-0.1, -0.05) is 104 Å². The van der Waals surface area contributed by atoms with E-state index in [-0.39, 0.29) is 5.41 Å². The van der Waals surface area contributed by atoms with Gasteiger partial charge < -0.3 is 0 Å². The van der Waals surface area contributed by atoms with Crippen molar-refractivity contribution in [3.05, 3.63) is 58.7 Å². The topological polar surface area (TPSA) is 0 Å². The smallest absolute Gasteiger partial charge is 0.0246 e. The lowest BCUT2D eigenvalue weighted by Crippen LogP contribution is -2.27. The number of benzene rings is 2. The molecule has 2 atom stereocenters. The Kier molecular flexibility index (Phi) is 10.5. The van der Waals surface area contributed by atoms with Gasteiger partial charge in [-0.25, -0.2) is 0 Å². The van der Waals surface area contributed by atoms with Crippen molar-refractivity contribution in [2.45, 2.75) is 111 Å².